The Labute approximate surface area is 201 Å². The first-order valence-electron chi connectivity index (χ1n) is 10.6. The van der Waals surface area contributed by atoms with Crippen LogP contribution in [0.1, 0.15) is 25.3 Å². The second-order valence-corrected chi connectivity index (χ2v) is 9.17. The predicted octanol–water partition coefficient (Wildman–Crippen LogP) is -0.618. The number of nitrogens with one attached hydrogen (secondary N) is 1. The van der Waals surface area contributed by atoms with E-state index in [1.165, 1.54) is 14.0 Å². The Morgan fingerprint density at radius 2 is 1.88 bits per heavy atom. The average molecular weight is 493 g/mol. The number of hydrogen-bond acceptors (Lipinski definition) is 7. The number of primary amides is 1. The Morgan fingerprint density at radius 1 is 1.24 bits per heavy atom. The number of carboxylic acids is 1. The van der Waals surface area contributed by atoms with Crippen molar-refractivity contribution in [2.75, 3.05) is 19.3 Å². The van der Waals surface area contributed by atoms with Crippen molar-refractivity contribution in [3.8, 4) is 0 Å². The predicted molar refractivity (Wildman–Crippen MR) is 123 cm³/mol. The molecule has 184 valence electrons. The fourth-order valence-corrected chi connectivity index (χ4v) is 4.36. The van der Waals surface area contributed by atoms with Crippen LogP contribution in [-0.4, -0.2) is 87.1 Å². The molecule has 1 unspecified atom stereocenters. The molecular weight excluding hydrogens is 464 g/mol. The van der Waals surface area contributed by atoms with Crippen LogP contribution < -0.4 is 11.1 Å². The summed E-state index contributed by atoms with van der Waals surface area (Å²) >= 11 is 1.10. The van der Waals surface area contributed by atoms with Crippen molar-refractivity contribution in [2.24, 2.45) is 5.73 Å². The van der Waals surface area contributed by atoms with Crippen LogP contribution in [0.3, 0.4) is 0 Å². The van der Waals surface area contributed by atoms with Crippen LogP contribution in [0.5, 0.6) is 0 Å². The van der Waals surface area contributed by atoms with Crippen molar-refractivity contribution < 1.29 is 33.9 Å². The zero-order valence-corrected chi connectivity index (χ0v) is 19.7. The van der Waals surface area contributed by atoms with Gasteiger partial charge in [-0.25, -0.2) is 4.79 Å². The molecule has 1 aliphatic heterocycles. The molecule has 0 saturated carbocycles. The normalized spacial score (nSPS) is 17.2. The van der Waals surface area contributed by atoms with Gasteiger partial charge in [0.25, 0.3) is 0 Å². The van der Waals surface area contributed by atoms with Crippen molar-refractivity contribution in [1.29, 1.82) is 0 Å². The summed E-state index contributed by atoms with van der Waals surface area (Å²) in [6, 6.07) is 6.96. The van der Waals surface area contributed by atoms with E-state index in [4.69, 9.17) is 10.8 Å². The van der Waals surface area contributed by atoms with Crippen LogP contribution in [0.15, 0.2) is 30.3 Å². The molecule has 3 atom stereocenters. The van der Waals surface area contributed by atoms with Crippen LogP contribution in [0.4, 0.5) is 0 Å². The third-order valence-electron chi connectivity index (χ3n) is 5.43. The zero-order chi connectivity index (χ0) is 25.4. The SMILES string of the molecule is C[C@@H](C(=O)O)N(C)C(=O)CCSC1CC(=O)N(CC(=O)N[C@H](Cc2ccccc2)C(N)=O)C1=O. The summed E-state index contributed by atoms with van der Waals surface area (Å²) in [5.74, 6) is -3.83. The molecule has 34 heavy (non-hydrogen) atoms. The lowest BCUT2D eigenvalue weighted by atomic mass is 10.1. The van der Waals surface area contributed by atoms with E-state index in [1.54, 1.807) is 24.3 Å². The van der Waals surface area contributed by atoms with E-state index in [0.29, 0.717) is 0 Å². The quantitative estimate of drug-likeness (QED) is 0.325. The highest BCUT2D eigenvalue weighted by atomic mass is 32.2. The fraction of sp³-hybridized carbons (Fsp3) is 0.455. The van der Waals surface area contributed by atoms with E-state index in [0.717, 1.165) is 27.1 Å². The Morgan fingerprint density at radius 3 is 2.47 bits per heavy atom. The summed E-state index contributed by atoms with van der Waals surface area (Å²) in [4.78, 5) is 74.1. The standard InChI is InChI=1S/C22H28N4O7S/c1-13(22(32)33)25(2)18(28)8-9-34-16-11-19(29)26(21(16)31)12-17(27)24-15(20(23)30)10-14-6-4-3-5-7-14/h3-7,13,15-16H,8-12H2,1-2H3,(H2,23,30)(H,24,27)(H,32,33)/t13-,15+,16?/m0/s1. The van der Waals surface area contributed by atoms with E-state index < -0.39 is 59.4 Å². The molecule has 1 fully saturated rings. The molecule has 12 heteroatoms. The van der Waals surface area contributed by atoms with Crippen LogP contribution in [-0.2, 0) is 35.2 Å². The van der Waals surface area contributed by atoms with Gasteiger partial charge in [0.15, 0.2) is 0 Å². The maximum Gasteiger partial charge on any atom is 0.326 e. The number of nitrogens with two attached hydrogens (primary N) is 1. The van der Waals surface area contributed by atoms with Gasteiger partial charge in [-0.15, -0.1) is 11.8 Å². The molecule has 4 N–H and O–H groups in total. The van der Waals surface area contributed by atoms with Crippen LogP contribution in [0.2, 0.25) is 0 Å². The minimum absolute atomic E-state index is 0.00296. The van der Waals surface area contributed by atoms with Crippen molar-refractivity contribution in [3.05, 3.63) is 35.9 Å². The first-order valence-corrected chi connectivity index (χ1v) is 11.6. The number of amides is 5. The molecule has 0 aromatic heterocycles. The summed E-state index contributed by atoms with van der Waals surface area (Å²) < 4.78 is 0. The lowest BCUT2D eigenvalue weighted by molar-refractivity contribution is -0.148. The summed E-state index contributed by atoms with van der Waals surface area (Å²) in [5.41, 5.74) is 6.17. The second-order valence-electron chi connectivity index (χ2n) is 7.86. The molecule has 0 spiro atoms. The molecule has 1 aromatic carbocycles. The van der Waals surface area contributed by atoms with Gasteiger partial charge in [0, 0.05) is 32.1 Å². The molecule has 5 amide bonds. The van der Waals surface area contributed by atoms with Crippen molar-refractivity contribution in [1.82, 2.24) is 15.1 Å². The van der Waals surface area contributed by atoms with E-state index >= 15 is 0 Å². The van der Waals surface area contributed by atoms with Crippen LogP contribution in [0, 0.1) is 0 Å². The number of benzene rings is 1. The highest BCUT2D eigenvalue weighted by Crippen LogP contribution is 2.25. The van der Waals surface area contributed by atoms with E-state index in [-0.39, 0.29) is 25.0 Å². The van der Waals surface area contributed by atoms with Crippen molar-refractivity contribution in [2.45, 2.75) is 43.5 Å². The molecule has 1 heterocycles. The van der Waals surface area contributed by atoms with E-state index in [2.05, 4.69) is 5.32 Å². The third-order valence-corrected chi connectivity index (χ3v) is 6.64. The van der Waals surface area contributed by atoms with Gasteiger partial charge in [0.1, 0.15) is 18.6 Å². The van der Waals surface area contributed by atoms with Gasteiger partial charge in [-0.05, 0) is 12.5 Å². The lowest BCUT2D eigenvalue weighted by Crippen LogP contribution is -2.50. The van der Waals surface area contributed by atoms with Gasteiger partial charge in [-0.3, -0.25) is 28.9 Å². The molecular formula is C22H28N4O7S. The van der Waals surface area contributed by atoms with Gasteiger partial charge in [0.2, 0.25) is 29.5 Å². The number of nitrogens with zero attached hydrogens (tertiary/aromatic N) is 2. The zero-order valence-electron chi connectivity index (χ0n) is 18.9. The molecule has 1 saturated heterocycles. The van der Waals surface area contributed by atoms with Crippen LogP contribution in [0.25, 0.3) is 0 Å². The number of hydrogen-bond donors (Lipinski definition) is 3. The summed E-state index contributed by atoms with van der Waals surface area (Å²) in [7, 11) is 1.38. The van der Waals surface area contributed by atoms with Gasteiger partial charge in [-0.1, -0.05) is 30.3 Å². The smallest absolute Gasteiger partial charge is 0.326 e. The second kappa shape index (κ2) is 12.2. The van der Waals surface area contributed by atoms with Gasteiger partial charge >= 0.3 is 5.97 Å². The Bertz CT molecular complexity index is 956. The molecule has 0 bridgehead atoms. The maximum absolute atomic E-state index is 12.6. The molecule has 11 nitrogen and oxygen atoms in total. The number of carboxylic acid groups (broad SMARTS) is 1. The van der Waals surface area contributed by atoms with Gasteiger partial charge in [-0.2, -0.15) is 0 Å². The number of likely N-dealkylation sites (N-methyl/N-ethyl adjacent to an activating group) is 1. The number of carbonyl (C=O) groups excluding carboxylic acids is 5. The number of carbonyl (C=O) groups is 6. The van der Waals surface area contributed by atoms with E-state index in [1.807, 2.05) is 6.07 Å². The molecule has 0 aliphatic carbocycles. The molecule has 1 aliphatic rings. The molecule has 0 radical (unpaired) electrons. The summed E-state index contributed by atoms with van der Waals surface area (Å²) in [6.07, 6.45) is 0.0534. The van der Waals surface area contributed by atoms with E-state index in [9.17, 15) is 28.8 Å². The Hall–Kier alpha value is -3.41. The summed E-state index contributed by atoms with van der Waals surface area (Å²) in [5, 5.41) is 10.7. The Kier molecular flexibility index (Phi) is 9.60. The molecule has 2 rings (SSSR count). The number of likely N-dealkylation sites (tertiary alicyclic amines) is 1. The largest absolute Gasteiger partial charge is 0.480 e. The topological polar surface area (TPSA) is 167 Å². The fourth-order valence-electron chi connectivity index (χ4n) is 3.25. The van der Waals surface area contributed by atoms with Crippen LogP contribution >= 0.6 is 11.8 Å². The number of imide groups is 1. The maximum atomic E-state index is 12.6. The minimum atomic E-state index is -1.13. The third kappa shape index (κ3) is 7.30. The monoisotopic (exact) mass is 492 g/mol. The number of aliphatic carboxylic acids is 1. The van der Waals surface area contributed by atoms with Crippen molar-refractivity contribution in [3.63, 3.8) is 0 Å². The number of thioether (sulfide) groups is 1. The highest BCUT2D eigenvalue weighted by Gasteiger charge is 2.40. The minimum Gasteiger partial charge on any atom is -0.480 e. The number of rotatable bonds is 12. The summed E-state index contributed by atoms with van der Waals surface area (Å²) in [6.45, 7) is 0.850. The molecule has 1 aromatic rings. The Balaban J connectivity index is 1.86. The highest BCUT2D eigenvalue weighted by molar-refractivity contribution is 8.00. The first kappa shape index (κ1) is 26.8. The van der Waals surface area contributed by atoms with Gasteiger partial charge < -0.3 is 21.1 Å². The first-order chi connectivity index (χ1) is 16.0. The van der Waals surface area contributed by atoms with Gasteiger partial charge in [0.05, 0.1) is 5.25 Å². The average Bonchev–Trinajstić information content (AvgIpc) is 3.05. The lowest BCUT2D eigenvalue weighted by Gasteiger charge is -2.21. The van der Waals surface area contributed by atoms with Crippen molar-refractivity contribution >= 4 is 47.3 Å².